The number of aryl methyl sites for hydroxylation is 1. The first kappa shape index (κ1) is 20.8. The highest BCUT2D eigenvalue weighted by Crippen LogP contribution is 2.33. The molecule has 2 fully saturated rings. The number of hydrogen-bond donors (Lipinski definition) is 0. The van der Waals surface area contributed by atoms with E-state index >= 15 is 0 Å². The summed E-state index contributed by atoms with van der Waals surface area (Å²) >= 11 is 0. The van der Waals surface area contributed by atoms with Gasteiger partial charge in [0.2, 0.25) is 0 Å². The van der Waals surface area contributed by atoms with E-state index < -0.39 is 0 Å². The highest BCUT2D eigenvalue weighted by Gasteiger charge is 2.39. The summed E-state index contributed by atoms with van der Waals surface area (Å²) < 4.78 is 28.0. The number of nitrogens with zero attached hydrogens (tertiary/aromatic N) is 2. The van der Waals surface area contributed by atoms with E-state index in [-0.39, 0.29) is 11.6 Å². The second kappa shape index (κ2) is 9.59. The van der Waals surface area contributed by atoms with E-state index in [9.17, 15) is 4.39 Å². The lowest BCUT2D eigenvalue weighted by Crippen LogP contribution is -2.44. The number of benzene rings is 1. The average Bonchev–Trinajstić information content (AvgIpc) is 3.31. The Morgan fingerprint density at radius 2 is 1.72 bits per heavy atom. The SMILES string of the molecule is CCCCCCCCn1cc(CN2CCC3(CC2)OCCO3)c2cc(F)ccc21. The van der Waals surface area contributed by atoms with Crippen LogP contribution in [0, 0.1) is 5.82 Å². The Labute approximate surface area is 174 Å². The van der Waals surface area contributed by atoms with Crippen molar-refractivity contribution in [1.29, 1.82) is 0 Å². The first-order valence-corrected chi connectivity index (χ1v) is 11.5. The van der Waals surface area contributed by atoms with Gasteiger partial charge >= 0.3 is 0 Å². The van der Waals surface area contributed by atoms with Crippen LogP contribution in [-0.4, -0.2) is 41.6 Å². The smallest absolute Gasteiger partial charge is 0.170 e. The monoisotopic (exact) mass is 402 g/mol. The summed E-state index contributed by atoms with van der Waals surface area (Å²) in [4.78, 5) is 2.45. The molecule has 5 heteroatoms. The van der Waals surface area contributed by atoms with Gasteiger partial charge in [-0.15, -0.1) is 0 Å². The molecule has 0 aliphatic carbocycles. The molecule has 0 N–H and O–H groups in total. The molecule has 0 amide bonds. The van der Waals surface area contributed by atoms with Crippen molar-refractivity contribution in [2.45, 2.75) is 77.2 Å². The van der Waals surface area contributed by atoms with E-state index in [4.69, 9.17) is 9.47 Å². The van der Waals surface area contributed by atoms with Crippen LogP contribution in [0.15, 0.2) is 24.4 Å². The number of likely N-dealkylation sites (tertiary alicyclic amines) is 1. The molecule has 0 radical (unpaired) electrons. The second-order valence-corrected chi connectivity index (χ2v) is 8.66. The Hall–Kier alpha value is -1.43. The first-order chi connectivity index (χ1) is 14.2. The van der Waals surface area contributed by atoms with E-state index in [1.165, 1.54) is 44.1 Å². The molecule has 4 rings (SSSR count). The maximum absolute atomic E-state index is 14.0. The summed E-state index contributed by atoms with van der Waals surface area (Å²) in [7, 11) is 0. The quantitative estimate of drug-likeness (QED) is 0.520. The van der Waals surface area contributed by atoms with Crippen LogP contribution in [0.2, 0.25) is 0 Å². The fourth-order valence-electron chi connectivity index (χ4n) is 4.80. The van der Waals surface area contributed by atoms with Crippen LogP contribution in [0.1, 0.15) is 63.9 Å². The van der Waals surface area contributed by atoms with Crippen molar-refractivity contribution in [2.75, 3.05) is 26.3 Å². The molecule has 1 aromatic heterocycles. The number of unbranched alkanes of at least 4 members (excludes halogenated alkanes) is 5. The van der Waals surface area contributed by atoms with Crippen molar-refractivity contribution in [3.05, 3.63) is 35.8 Å². The minimum atomic E-state index is -0.339. The fraction of sp³-hybridized carbons (Fsp3) is 0.667. The van der Waals surface area contributed by atoms with Crippen molar-refractivity contribution in [2.24, 2.45) is 0 Å². The Morgan fingerprint density at radius 3 is 2.48 bits per heavy atom. The lowest BCUT2D eigenvalue weighted by atomic mass is 10.0. The lowest BCUT2D eigenvalue weighted by Gasteiger charge is -2.37. The third-order valence-electron chi connectivity index (χ3n) is 6.50. The number of fused-ring (bicyclic) bond motifs is 1. The minimum Gasteiger partial charge on any atom is -0.347 e. The van der Waals surface area contributed by atoms with Gasteiger partial charge in [0.05, 0.1) is 13.2 Å². The molecule has 2 aromatic rings. The molecule has 160 valence electrons. The van der Waals surface area contributed by atoms with Gasteiger partial charge in [0, 0.05) is 56.1 Å². The molecule has 1 spiro atoms. The normalized spacial score (nSPS) is 19.5. The zero-order valence-electron chi connectivity index (χ0n) is 17.8. The third-order valence-corrected chi connectivity index (χ3v) is 6.50. The maximum atomic E-state index is 14.0. The molecule has 1 aromatic carbocycles. The number of piperidine rings is 1. The van der Waals surface area contributed by atoms with Gasteiger partial charge in [0.1, 0.15) is 5.82 Å². The number of aromatic nitrogens is 1. The predicted molar refractivity (Wildman–Crippen MR) is 114 cm³/mol. The molecule has 0 unspecified atom stereocenters. The fourth-order valence-corrected chi connectivity index (χ4v) is 4.80. The molecular formula is C24H35FN2O2. The van der Waals surface area contributed by atoms with Crippen LogP contribution < -0.4 is 0 Å². The van der Waals surface area contributed by atoms with Crippen molar-refractivity contribution in [3.63, 3.8) is 0 Å². The van der Waals surface area contributed by atoms with Crippen LogP contribution in [0.3, 0.4) is 0 Å². The van der Waals surface area contributed by atoms with Crippen LogP contribution in [0.4, 0.5) is 4.39 Å². The Kier molecular flexibility index (Phi) is 6.88. The van der Waals surface area contributed by atoms with Gasteiger partial charge < -0.3 is 14.0 Å². The van der Waals surface area contributed by atoms with Gasteiger partial charge in [-0.3, -0.25) is 4.90 Å². The summed E-state index contributed by atoms with van der Waals surface area (Å²) in [5, 5.41) is 1.06. The molecule has 2 saturated heterocycles. The Morgan fingerprint density at radius 1 is 1.00 bits per heavy atom. The summed E-state index contributed by atoms with van der Waals surface area (Å²) in [6, 6.07) is 5.23. The number of halogens is 1. The molecule has 3 heterocycles. The summed E-state index contributed by atoms with van der Waals surface area (Å²) in [5.41, 5.74) is 2.39. The molecule has 0 bridgehead atoms. The summed E-state index contributed by atoms with van der Waals surface area (Å²) in [6.45, 7) is 7.47. The minimum absolute atomic E-state index is 0.151. The molecule has 2 aliphatic heterocycles. The zero-order chi connectivity index (χ0) is 20.1. The zero-order valence-corrected chi connectivity index (χ0v) is 17.8. The van der Waals surface area contributed by atoms with Crippen molar-refractivity contribution in [1.82, 2.24) is 9.47 Å². The van der Waals surface area contributed by atoms with E-state index in [0.29, 0.717) is 13.2 Å². The van der Waals surface area contributed by atoms with E-state index in [1.54, 1.807) is 12.1 Å². The number of ether oxygens (including phenoxy) is 2. The maximum Gasteiger partial charge on any atom is 0.170 e. The van der Waals surface area contributed by atoms with E-state index in [1.807, 2.05) is 6.07 Å². The lowest BCUT2D eigenvalue weighted by molar-refractivity contribution is -0.185. The van der Waals surface area contributed by atoms with E-state index in [2.05, 4.69) is 22.6 Å². The van der Waals surface area contributed by atoms with Gasteiger partial charge in [-0.25, -0.2) is 4.39 Å². The van der Waals surface area contributed by atoms with Gasteiger partial charge in [0.15, 0.2) is 5.79 Å². The van der Waals surface area contributed by atoms with Crippen molar-refractivity contribution in [3.8, 4) is 0 Å². The highest BCUT2D eigenvalue weighted by molar-refractivity contribution is 5.84. The highest BCUT2D eigenvalue weighted by atomic mass is 19.1. The van der Waals surface area contributed by atoms with Crippen LogP contribution in [-0.2, 0) is 22.6 Å². The number of hydrogen-bond acceptors (Lipinski definition) is 3. The van der Waals surface area contributed by atoms with Crippen LogP contribution in [0.25, 0.3) is 10.9 Å². The second-order valence-electron chi connectivity index (χ2n) is 8.66. The standard InChI is InChI=1S/C24H35FN2O2/c1-2-3-4-5-6-7-12-27-19-20(22-17-21(25)8-9-23(22)27)18-26-13-10-24(11-14-26)28-15-16-29-24/h8-9,17,19H,2-7,10-16,18H2,1H3. The molecule has 0 saturated carbocycles. The first-order valence-electron chi connectivity index (χ1n) is 11.5. The van der Waals surface area contributed by atoms with Crippen LogP contribution in [0.5, 0.6) is 0 Å². The third kappa shape index (κ3) is 5.01. The van der Waals surface area contributed by atoms with Crippen molar-refractivity contribution < 1.29 is 13.9 Å². The molecule has 0 atom stereocenters. The van der Waals surface area contributed by atoms with Crippen molar-refractivity contribution >= 4 is 10.9 Å². The van der Waals surface area contributed by atoms with Gasteiger partial charge in [-0.05, 0) is 30.2 Å². The van der Waals surface area contributed by atoms with Gasteiger partial charge in [-0.1, -0.05) is 39.0 Å². The van der Waals surface area contributed by atoms with Gasteiger partial charge in [-0.2, -0.15) is 0 Å². The molecule has 2 aliphatic rings. The molecule has 29 heavy (non-hydrogen) atoms. The largest absolute Gasteiger partial charge is 0.347 e. The summed E-state index contributed by atoms with van der Waals surface area (Å²) in [5.74, 6) is -0.490. The Balaban J connectivity index is 1.40. The average molecular weight is 403 g/mol. The van der Waals surface area contributed by atoms with E-state index in [0.717, 1.165) is 49.9 Å². The molecular weight excluding hydrogens is 367 g/mol. The topological polar surface area (TPSA) is 26.6 Å². The van der Waals surface area contributed by atoms with Gasteiger partial charge in [0.25, 0.3) is 0 Å². The summed E-state index contributed by atoms with van der Waals surface area (Å²) in [6.07, 6.45) is 11.8. The Bertz CT molecular complexity index is 788. The predicted octanol–water partition coefficient (Wildman–Crippen LogP) is 5.48. The van der Waals surface area contributed by atoms with Crippen LogP contribution >= 0.6 is 0 Å². The molecule has 4 nitrogen and oxygen atoms in total. The number of rotatable bonds is 9.